The summed E-state index contributed by atoms with van der Waals surface area (Å²) < 4.78 is 0.706. The summed E-state index contributed by atoms with van der Waals surface area (Å²) in [5, 5.41) is 10.9. The van der Waals surface area contributed by atoms with Gasteiger partial charge in [-0.1, -0.05) is 34.1 Å². The highest BCUT2D eigenvalue weighted by Gasteiger charge is 2.19. The summed E-state index contributed by atoms with van der Waals surface area (Å²) in [6, 6.07) is 7.06. The molecule has 0 amide bonds. The maximum Gasteiger partial charge on any atom is 0.313 e. The van der Waals surface area contributed by atoms with Crippen molar-refractivity contribution in [3.63, 3.8) is 0 Å². The van der Waals surface area contributed by atoms with E-state index in [0.29, 0.717) is 10.0 Å². The molecule has 0 aliphatic carbocycles. The topological polar surface area (TPSA) is 68.9 Å². The van der Waals surface area contributed by atoms with Crippen LogP contribution >= 0.6 is 27.5 Å². The predicted octanol–water partition coefficient (Wildman–Crippen LogP) is 3.47. The summed E-state index contributed by atoms with van der Waals surface area (Å²) in [6.45, 7) is 0. The third kappa shape index (κ3) is 2.42. The SMILES string of the molecule is O=[N+]([O-])c1cnc(Cl)nc1-c1ccccc1Br. The number of nitro groups is 1. The van der Waals surface area contributed by atoms with Crippen LogP contribution in [0.2, 0.25) is 5.28 Å². The van der Waals surface area contributed by atoms with Gasteiger partial charge < -0.3 is 0 Å². The van der Waals surface area contributed by atoms with Crippen LogP contribution in [0, 0.1) is 10.1 Å². The average Bonchev–Trinajstić information content (AvgIpc) is 2.29. The molecule has 0 bridgehead atoms. The Balaban J connectivity index is 2.70. The Morgan fingerprint density at radius 3 is 2.71 bits per heavy atom. The number of nitrogens with zero attached hydrogens (tertiary/aromatic N) is 3. The van der Waals surface area contributed by atoms with Gasteiger partial charge in [-0.3, -0.25) is 10.1 Å². The average molecular weight is 315 g/mol. The molecule has 0 saturated heterocycles. The van der Waals surface area contributed by atoms with Crippen LogP contribution in [0.4, 0.5) is 5.69 Å². The van der Waals surface area contributed by atoms with Crippen molar-refractivity contribution in [3.05, 3.63) is 50.3 Å². The molecule has 0 atom stereocenters. The molecular weight excluding hydrogens is 309 g/mol. The lowest BCUT2D eigenvalue weighted by Crippen LogP contribution is -1.97. The van der Waals surface area contributed by atoms with E-state index >= 15 is 0 Å². The van der Waals surface area contributed by atoms with Gasteiger partial charge in [-0.05, 0) is 17.7 Å². The van der Waals surface area contributed by atoms with Crippen LogP contribution in [0.15, 0.2) is 34.9 Å². The Labute approximate surface area is 110 Å². The fraction of sp³-hybridized carbons (Fsp3) is 0. The maximum atomic E-state index is 10.9. The molecule has 0 aliphatic rings. The number of halogens is 2. The van der Waals surface area contributed by atoms with Crippen molar-refractivity contribution in [1.82, 2.24) is 9.97 Å². The quantitative estimate of drug-likeness (QED) is 0.483. The third-order valence-corrected chi connectivity index (χ3v) is 2.94. The van der Waals surface area contributed by atoms with Crippen LogP contribution in [-0.2, 0) is 0 Å². The monoisotopic (exact) mass is 313 g/mol. The summed E-state index contributed by atoms with van der Waals surface area (Å²) in [6.07, 6.45) is 1.10. The van der Waals surface area contributed by atoms with Crippen LogP contribution in [0.1, 0.15) is 0 Å². The van der Waals surface area contributed by atoms with Gasteiger partial charge in [0.05, 0.1) is 4.92 Å². The molecule has 0 unspecified atom stereocenters. The highest BCUT2D eigenvalue weighted by Crippen LogP contribution is 2.33. The lowest BCUT2D eigenvalue weighted by Gasteiger charge is -2.04. The van der Waals surface area contributed by atoms with E-state index in [4.69, 9.17) is 11.6 Å². The second kappa shape index (κ2) is 4.77. The van der Waals surface area contributed by atoms with E-state index in [0.717, 1.165) is 6.20 Å². The van der Waals surface area contributed by atoms with Crippen molar-refractivity contribution in [2.24, 2.45) is 0 Å². The zero-order chi connectivity index (χ0) is 12.4. The van der Waals surface area contributed by atoms with Crippen molar-refractivity contribution >= 4 is 33.2 Å². The van der Waals surface area contributed by atoms with Crippen LogP contribution in [0.3, 0.4) is 0 Å². The number of hydrogen-bond acceptors (Lipinski definition) is 4. The van der Waals surface area contributed by atoms with E-state index in [-0.39, 0.29) is 16.7 Å². The molecule has 1 heterocycles. The smallest absolute Gasteiger partial charge is 0.258 e. The van der Waals surface area contributed by atoms with Crippen molar-refractivity contribution < 1.29 is 4.92 Å². The summed E-state index contributed by atoms with van der Waals surface area (Å²) in [7, 11) is 0. The zero-order valence-corrected chi connectivity index (χ0v) is 10.6. The number of rotatable bonds is 2. The van der Waals surface area contributed by atoms with Gasteiger partial charge in [0, 0.05) is 10.0 Å². The second-order valence-corrected chi connectivity index (χ2v) is 4.30. The van der Waals surface area contributed by atoms with Gasteiger partial charge in [-0.15, -0.1) is 0 Å². The fourth-order valence-electron chi connectivity index (χ4n) is 1.34. The van der Waals surface area contributed by atoms with Gasteiger partial charge in [0.15, 0.2) is 5.69 Å². The molecule has 2 aromatic rings. The molecule has 86 valence electrons. The summed E-state index contributed by atoms with van der Waals surface area (Å²) >= 11 is 8.98. The molecule has 1 aromatic carbocycles. The van der Waals surface area contributed by atoms with Crippen LogP contribution in [-0.4, -0.2) is 14.9 Å². The molecular formula is C10H5BrClN3O2. The lowest BCUT2D eigenvalue weighted by molar-refractivity contribution is -0.384. The van der Waals surface area contributed by atoms with Crippen LogP contribution in [0.25, 0.3) is 11.3 Å². The van der Waals surface area contributed by atoms with Crippen LogP contribution in [0.5, 0.6) is 0 Å². The molecule has 0 radical (unpaired) electrons. The molecule has 0 spiro atoms. The molecule has 0 fully saturated rings. The minimum absolute atomic E-state index is 0.0265. The van der Waals surface area contributed by atoms with Gasteiger partial charge in [0.2, 0.25) is 5.28 Å². The van der Waals surface area contributed by atoms with Gasteiger partial charge in [0.25, 0.3) is 0 Å². The van der Waals surface area contributed by atoms with Gasteiger partial charge in [-0.25, -0.2) is 9.97 Å². The third-order valence-electron chi connectivity index (χ3n) is 2.07. The fourth-order valence-corrected chi connectivity index (χ4v) is 1.94. The van der Waals surface area contributed by atoms with Crippen molar-refractivity contribution in [2.45, 2.75) is 0 Å². The van der Waals surface area contributed by atoms with Crippen molar-refractivity contribution in [3.8, 4) is 11.3 Å². The minimum Gasteiger partial charge on any atom is -0.258 e. The van der Waals surface area contributed by atoms with E-state index in [1.54, 1.807) is 18.2 Å². The Hall–Kier alpha value is -1.53. The van der Waals surface area contributed by atoms with E-state index < -0.39 is 4.92 Å². The van der Waals surface area contributed by atoms with Gasteiger partial charge in [-0.2, -0.15) is 0 Å². The number of aromatic nitrogens is 2. The van der Waals surface area contributed by atoms with Crippen LogP contribution < -0.4 is 0 Å². The molecule has 1 aromatic heterocycles. The van der Waals surface area contributed by atoms with Gasteiger partial charge >= 0.3 is 5.69 Å². The standard InChI is InChI=1S/C10H5BrClN3O2/c11-7-4-2-1-3-6(7)9-8(15(16)17)5-13-10(12)14-9/h1-5H. The first kappa shape index (κ1) is 11.9. The van der Waals surface area contributed by atoms with E-state index in [9.17, 15) is 10.1 Å². The molecule has 5 nitrogen and oxygen atoms in total. The molecule has 7 heteroatoms. The van der Waals surface area contributed by atoms with Crippen molar-refractivity contribution in [1.29, 1.82) is 0 Å². The van der Waals surface area contributed by atoms with Crippen molar-refractivity contribution in [2.75, 3.05) is 0 Å². The first-order valence-electron chi connectivity index (χ1n) is 4.51. The minimum atomic E-state index is -0.537. The molecule has 17 heavy (non-hydrogen) atoms. The first-order chi connectivity index (χ1) is 8.09. The van der Waals surface area contributed by atoms with E-state index in [2.05, 4.69) is 25.9 Å². The Morgan fingerprint density at radius 1 is 1.35 bits per heavy atom. The molecule has 0 N–H and O–H groups in total. The normalized spacial score (nSPS) is 10.2. The molecule has 2 rings (SSSR count). The maximum absolute atomic E-state index is 10.9. The largest absolute Gasteiger partial charge is 0.313 e. The Kier molecular flexibility index (Phi) is 3.35. The summed E-state index contributed by atoms with van der Waals surface area (Å²) in [5.74, 6) is 0. The Bertz CT molecular complexity index is 592. The highest BCUT2D eigenvalue weighted by atomic mass is 79.9. The van der Waals surface area contributed by atoms with E-state index in [1.807, 2.05) is 6.07 Å². The lowest BCUT2D eigenvalue weighted by atomic mass is 10.1. The molecule has 0 aliphatic heterocycles. The first-order valence-corrected chi connectivity index (χ1v) is 5.68. The number of benzene rings is 1. The summed E-state index contributed by atoms with van der Waals surface area (Å²) in [5.41, 5.74) is 0.618. The second-order valence-electron chi connectivity index (χ2n) is 3.11. The highest BCUT2D eigenvalue weighted by molar-refractivity contribution is 9.10. The predicted molar refractivity (Wildman–Crippen MR) is 66.8 cm³/mol. The van der Waals surface area contributed by atoms with Gasteiger partial charge in [0.1, 0.15) is 6.20 Å². The molecule has 0 saturated carbocycles. The number of hydrogen-bond donors (Lipinski definition) is 0. The Morgan fingerprint density at radius 2 is 2.06 bits per heavy atom. The summed E-state index contributed by atoms with van der Waals surface area (Å²) in [4.78, 5) is 17.9. The zero-order valence-electron chi connectivity index (χ0n) is 8.30. The van der Waals surface area contributed by atoms with E-state index in [1.165, 1.54) is 0 Å².